The molecule has 284 valence electrons. The Kier molecular flexibility index (Phi) is 9.59. The first-order valence-corrected chi connectivity index (χ1v) is 22.1. The molecular weight excluding hydrogens is 747 g/mol. The fourth-order valence-electron chi connectivity index (χ4n) is 8.71. The number of fused-ring (bicyclic) bond motifs is 3. The number of hydrogen-bond donors (Lipinski definition) is 0. The Morgan fingerprint density at radius 2 is 0.833 bits per heavy atom. The first kappa shape index (κ1) is 36.4. The van der Waals surface area contributed by atoms with Crippen molar-refractivity contribution < 1.29 is 4.74 Å². The van der Waals surface area contributed by atoms with Gasteiger partial charge in [-0.15, -0.1) is 0 Å². The SMILES string of the molecule is [C-]#[N+]c1ccc(N(c2ccc(Oc3ccccc3)cc2)c2ccc3c(c2)c2cc([Si](c4ccccc4)(c4ccccc4)c4ccccc4)ccc2n3-c2ccccc2)cc1. The molecule has 9 aromatic carbocycles. The van der Waals surface area contributed by atoms with Crippen molar-refractivity contribution >= 4 is 73.4 Å². The molecular formula is C55H39N3OSi. The van der Waals surface area contributed by atoms with Gasteiger partial charge in [0.1, 0.15) is 11.5 Å². The molecule has 0 N–H and O–H groups in total. The quantitative estimate of drug-likeness (QED) is 0.0782. The van der Waals surface area contributed by atoms with Crippen LogP contribution in [0, 0.1) is 6.57 Å². The fraction of sp³-hybridized carbons (Fsp3) is 0. The molecule has 0 fully saturated rings. The van der Waals surface area contributed by atoms with Gasteiger partial charge < -0.3 is 14.2 Å². The second-order valence-electron chi connectivity index (χ2n) is 14.8. The largest absolute Gasteiger partial charge is 0.457 e. The maximum atomic E-state index is 7.63. The van der Waals surface area contributed by atoms with E-state index in [2.05, 4.69) is 184 Å². The third-order valence-corrected chi connectivity index (χ3v) is 16.2. The molecule has 0 aliphatic rings. The monoisotopic (exact) mass is 785 g/mol. The zero-order valence-corrected chi connectivity index (χ0v) is 33.8. The van der Waals surface area contributed by atoms with Crippen molar-refractivity contribution in [3.8, 4) is 17.2 Å². The molecule has 1 heterocycles. The Morgan fingerprint density at radius 3 is 1.37 bits per heavy atom. The number of benzene rings is 9. The number of anilines is 3. The Morgan fingerprint density at radius 1 is 0.400 bits per heavy atom. The number of aromatic nitrogens is 1. The lowest BCUT2D eigenvalue weighted by atomic mass is 10.1. The van der Waals surface area contributed by atoms with Crippen LogP contribution in [-0.2, 0) is 0 Å². The van der Waals surface area contributed by atoms with Gasteiger partial charge in [-0.2, -0.15) is 0 Å². The van der Waals surface area contributed by atoms with Gasteiger partial charge in [0.05, 0.1) is 17.6 Å². The third-order valence-electron chi connectivity index (χ3n) is 11.4. The van der Waals surface area contributed by atoms with E-state index in [1.54, 1.807) is 0 Å². The first-order valence-electron chi connectivity index (χ1n) is 20.1. The summed E-state index contributed by atoms with van der Waals surface area (Å²) in [6, 6.07) is 83.8. The summed E-state index contributed by atoms with van der Waals surface area (Å²) in [6.07, 6.45) is 0. The number of ether oxygens (including phenoxy) is 1. The number of para-hydroxylation sites is 2. The van der Waals surface area contributed by atoms with Gasteiger partial charge in [-0.25, -0.2) is 4.85 Å². The van der Waals surface area contributed by atoms with E-state index in [-0.39, 0.29) is 0 Å². The van der Waals surface area contributed by atoms with E-state index in [4.69, 9.17) is 11.3 Å². The summed E-state index contributed by atoms with van der Waals surface area (Å²) >= 11 is 0. The van der Waals surface area contributed by atoms with Crippen LogP contribution >= 0.6 is 0 Å². The van der Waals surface area contributed by atoms with Crippen LogP contribution in [0.4, 0.5) is 22.7 Å². The van der Waals surface area contributed by atoms with Crippen molar-refractivity contribution in [3.63, 3.8) is 0 Å². The number of nitrogens with zero attached hydrogens (tertiary/aromatic N) is 3. The molecule has 0 saturated carbocycles. The smallest absolute Gasteiger partial charge is 0.187 e. The van der Waals surface area contributed by atoms with Crippen LogP contribution in [0.5, 0.6) is 11.5 Å². The van der Waals surface area contributed by atoms with Crippen molar-refractivity contribution in [2.24, 2.45) is 0 Å². The highest BCUT2D eigenvalue weighted by Crippen LogP contribution is 2.41. The molecule has 0 bridgehead atoms. The van der Waals surface area contributed by atoms with Crippen molar-refractivity contribution in [1.82, 2.24) is 4.57 Å². The minimum absolute atomic E-state index is 0.599. The topological polar surface area (TPSA) is 21.8 Å². The first-order chi connectivity index (χ1) is 29.7. The maximum absolute atomic E-state index is 7.63. The Hall–Kier alpha value is -7.91. The second kappa shape index (κ2) is 15.8. The molecule has 1 aromatic heterocycles. The second-order valence-corrected chi connectivity index (χ2v) is 18.6. The van der Waals surface area contributed by atoms with Gasteiger partial charge >= 0.3 is 0 Å². The van der Waals surface area contributed by atoms with Gasteiger partial charge in [0.2, 0.25) is 0 Å². The van der Waals surface area contributed by atoms with Gasteiger partial charge in [-0.1, -0.05) is 152 Å². The van der Waals surface area contributed by atoms with Gasteiger partial charge in [0, 0.05) is 33.5 Å². The molecule has 0 saturated heterocycles. The standard InChI is InChI=1S/C55H39N3OSi/c1-56-41-27-29-43(30-28-41)57(44-31-34-47(35-32-44)59-46-19-9-3-10-20-46)45-33-37-54-52(39-45)53-40-51(36-38-55(53)58(54)42-17-7-2-8-18-42)60(48-21-11-4-12-22-48,49-23-13-5-14-24-49)50-25-15-6-16-26-50/h2-40H. The number of rotatable bonds is 10. The molecule has 4 nitrogen and oxygen atoms in total. The molecule has 0 spiro atoms. The predicted molar refractivity (Wildman–Crippen MR) is 252 cm³/mol. The van der Waals surface area contributed by atoms with Crippen molar-refractivity contribution in [3.05, 3.63) is 248 Å². The molecule has 60 heavy (non-hydrogen) atoms. The lowest BCUT2D eigenvalue weighted by Gasteiger charge is -2.34. The van der Waals surface area contributed by atoms with Crippen LogP contribution < -0.4 is 30.4 Å². The highest BCUT2D eigenvalue weighted by molar-refractivity contribution is 7.20. The highest BCUT2D eigenvalue weighted by atomic mass is 28.3. The fourth-order valence-corrected chi connectivity index (χ4v) is 13.5. The van der Waals surface area contributed by atoms with E-state index in [9.17, 15) is 0 Å². The lowest BCUT2D eigenvalue weighted by molar-refractivity contribution is 0.483. The molecule has 5 heteroatoms. The lowest BCUT2D eigenvalue weighted by Crippen LogP contribution is -2.74. The van der Waals surface area contributed by atoms with E-state index in [0.29, 0.717) is 5.69 Å². The predicted octanol–water partition coefficient (Wildman–Crippen LogP) is 12.0. The Labute approximate surface area is 351 Å². The normalized spacial score (nSPS) is 11.3. The molecule has 0 radical (unpaired) electrons. The molecule has 10 aromatic rings. The summed E-state index contributed by atoms with van der Waals surface area (Å²) in [5, 5.41) is 7.66. The van der Waals surface area contributed by atoms with Crippen LogP contribution in [0.2, 0.25) is 0 Å². The molecule has 0 atom stereocenters. The number of hydrogen-bond acceptors (Lipinski definition) is 2. The van der Waals surface area contributed by atoms with Crippen LogP contribution in [0.3, 0.4) is 0 Å². The van der Waals surface area contributed by atoms with Gasteiger partial charge in [0.15, 0.2) is 13.8 Å². The average Bonchev–Trinajstić information content (AvgIpc) is 3.65. The zero-order chi connectivity index (χ0) is 40.3. The Balaban J connectivity index is 1.22. The van der Waals surface area contributed by atoms with E-state index in [1.165, 1.54) is 26.1 Å². The van der Waals surface area contributed by atoms with Crippen molar-refractivity contribution in [1.29, 1.82) is 0 Å². The van der Waals surface area contributed by atoms with Crippen LogP contribution in [-0.4, -0.2) is 12.6 Å². The van der Waals surface area contributed by atoms with Crippen LogP contribution in [0.15, 0.2) is 237 Å². The maximum Gasteiger partial charge on any atom is 0.187 e. The van der Waals surface area contributed by atoms with Crippen LogP contribution in [0.25, 0.3) is 32.3 Å². The summed E-state index contributed by atoms with van der Waals surface area (Å²) in [4.78, 5) is 5.94. The van der Waals surface area contributed by atoms with E-state index >= 15 is 0 Å². The van der Waals surface area contributed by atoms with Gasteiger partial charge in [-0.3, -0.25) is 0 Å². The zero-order valence-electron chi connectivity index (χ0n) is 32.8. The van der Waals surface area contributed by atoms with E-state index in [0.717, 1.165) is 50.7 Å². The van der Waals surface area contributed by atoms with Gasteiger partial charge in [-0.05, 0) is 106 Å². The van der Waals surface area contributed by atoms with Gasteiger partial charge in [0.25, 0.3) is 0 Å². The van der Waals surface area contributed by atoms with Crippen molar-refractivity contribution in [2.75, 3.05) is 4.90 Å². The summed E-state index contributed by atoms with van der Waals surface area (Å²) in [6.45, 7) is 7.63. The average molecular weight is 786 g/mol. The molecule has 0 aliphatic heterocycles. The molecule has 0 unspecified atom stereocenters. The molecule has 0 amide bonds. The molecule has 0 aliphatic carbocycles. The molecule has 10 rings (SSSR count). The minimum Gasteiger partial charge on any atom is -0.457 e. The summed E-state index contributed by atoms with van der Waals surface area (Å²) in [7, 11) is -2.81. The van der Waals surface area contributed by atoms with Crippen molar-refractivity contribution in [2.45, 2.75) is 0 Å². The third kappa shape index (κ3) is 6.52. The minimum atomic E-state index is -2.81. The summed E-state index contributed by atoms with van der Waals surface area (Å²) in [5.74, 6) is 1.54. The van der Waals surface area contributed by atoms with E-state index < -0.39 is 8.07 Å². The van der Waals surface area contributed by atoms with E-state index in [1.807, 2.05) is 66.7 Å². The Bertz CT molecular complexity index is 3000. The van der Waals surface area contributed by atoms with Crippen LogP contribution in [0.1, 0.15) is 0 Å². The summed E-state index contributed by atoms with van der Waals surface area (Å²) < 4.78 is 8.58. The highest BCUT2D eigenvalue weighted by Gasteiger charge is 2.41. The summed E-state index contributed by atoms with van der Waals surface area (Å²) in [5.41, 5.74) is 6.91.